The molecule has 1 unspecified atom stereocenters. The topological polar surface area (TPSA) is 68.5 Å². The van der Waals surface area contributed by atoms with Crippen molar-refractivity contribution in [3.8, 4) is 0 Å². The minimum absolute atomic E-state index is 0.0318. The van der Waals surface area contributed by atoms with E-state index in [-0.39, 0.29) is 23.8 Å². The average molecular weight is 317 g/mol. The predicted octanol–water partition coefficient (Wildman–Crippen LogP) is 3.15. The average Bonchev–Trinajstić information content (AvgIpc) is 2.66. The molecule has 2 N–H and O–H groups in total. The van der Waals surface area contributed by atoms with Crippen molar-refractivity contribution in [2.45, 2.75) is 40.7 Å². The molecule has 0 saturated heterocycles. The van der Waals surface area contributed by atoms with E-state index in [0.717, 1.165) is 16.8 Å². The zero-order chi connectivity index (χ0) is 17.1. The summed E-state index contributed by atoms with van der Waals surface area (Å²) in [5.41, 5.74) is 8.86. The second-order valence-corrected chi connectivity index (χ2v) is 6.59. The lowest BCUT2D eigenvalue weighted by molar-refractivity contribution is -0.139. The number of carbonyl (C=O) groups is 1. The zero-order valence-corrected chi connectivity index (χ0v) is 14.7. The van der Waals surface area contributed by atoms with Crippen LogP contribution in [0.25, 0.3) is 0 Å². The van der Waals surface area contributed by atoms with E-state index >= 15 is 0 Å². The number of aromatic nitrogens is 1. The number of cyclic esters (lactones) is 1. The van der Waals surface area contributed by atoms with Gasteiger partial charge >= 0.3 is 5.97 Å². The van der Waals surface area contributed by atoms with Crippen LogP contribution in [0, 0.1) is 11.8 Å². The summed E-state index contributed by atoms with van der Waals surface area (Å²) in [6, 6.07) is 3.92. The predicted molar refractivity (Wildman–Crippen MR) is 91.4 cm³/mol. The Morgan fingerprint density at radius 2 is 1.91 bits per heavy atom. The van der Waals surface area contributed by atoms with E-state index < -0.39 is 0 Å². The molecule has 1 aliphatic heterocycles. The molecule has 1 aliphatic rings. The number of rotatable bonds is 4. The fourth-order valence-corrected chi connectivity index (χ4v) is 3.22. The number of ether oxygens (including phenoxy) is 1. The summed E-state index contributed by atoms with van der Waals surface area (Å²) in [6.07, 6.45) is 1.69. The van der Waals surface area contributed by atoms with Crippen LogP contribution >= 0.6 is 0 Å². The number of allylic oxidation sites excluding steroid dienone is 1. The van der Waals surface area contributed by atoms with E-state index in [9.17, 15) is 4.79 Å². The van der Waals surface area contributed by atoms with E-state index in [4.69, 9.17) is 10.5 Å². The summed E-state index contributed by atoms with van der Waals surface area (Å²) in [7, 11) is 0. The van der Waals surface area contributed by atoms with Crippen LogP contribution in [0.1, 0.15) is 46.2 Å². The quantitative estimate of drug-likeness (QED) is 0.864. The SMILES string of the molecule is CC(C)C1=C(C(C)C)N(C(C)c2cccnc2N)CCOC1=O. The van der Waals surface area contributed by atoms with Gasteiger partial charge in [-0.15, -0.1) is 0 Å². The van der Waals surface area contributed by atoms with Gasteiger partial charge in [0, 0.05) is 17.5 Å². The number of nitrogen functional groups attached to an aromatic ring is 1. The monoisotopic (exact) mass is 317 g/mol. The van der Waals surface area contributed by atoms with Crippen molar-refractivity contribution in [1.82, 2.24) is 9.88 Å². The van der Waals surface area contributed by atoms with E-state index in [1.165, 1.54) is 0 Å². The van der Waals surface area contributed by atoms with Crippen LogP contribution in [0.4, 0.5) is 5.82 Å². The van der Waals surface area contributed by atoms with Gasteiger partial charge in [-0.2, -0.15) is 0 Å². The molecule has 0 aromatic carbocycles. The lowest BCUT2D eigenvalue weighted by atomic mass is 9.93. The van der Waals surface area contributed by atoms with E-state index in [2.05, 4.69) is 30.7 Å². The van der Waals surface area contributed by atoms with E-state index in [1.807, 2.05) is 26.0 Å². The van der Waals surface area contributed by atoms with Crippen molar-refractivity contribution in [3.05, 3.63) is 35.2 Å². The highest BCUT2D eigenvalue weighted by Gasteiger charge is 2.32. The second-order valence-electron chi connectivity index (χ2n) is 6.59. The van der Waals surface area contributed by atoms with Gasteiger partial charge in [-0.25, -0.2) is 9.78 Å². The van der Waals surface area contributed by atoms with Crippen LogP contribution in [0.3, 0.4) is 0 Å². The minimum Gasteiger partial charge on any atom is -0.460 e. The van der Waals surface area contributed by atoms with Gasteiger partial charge in [0.1, 0.15) is 12.4 Å². The Morgan fingerprint density at radius 3 is 2.48 bits per heavy atom. The highest BCUT2D eigenvalue weighted by molar-refractivity contribution is 5.90. The van der Waals surface area contributed by atoms with E-state index in [1.54, 1.807) is 6.20 Å². The van der Waals surface area contributed by atoms with Crippen molar-refractivity contribution in [2.75, 3.05) is 18.9 Å². The first-order chi connectivity index (χ1) is 10.8. The Labute approximate surface area is 138 Å². The number of nitrogens with zero attached hydrogens (tertiary/aromatic N) is 2. The largest absolute Gasteiger partial charge is 0.460 e. The maximum Gasteiger partial charge on any atom is 0.336 e. The summed E-state index contributed by atoms with van der Waals surface area (Å²) in [5, 5.41) is 0. The van der Waals surface area contributed by atoms with Crippen LogP contribution in [0.2, 0.25) is 0 Å². The number of anilines is 1. The Balaban J connectivity index is 2.54. The molecule has 0 bridgehead atoms. The third-order valence-electron chi connectivity index (χ3n) is 4.28. The molecule has 126 valence electrons. The van der Waals surface area contributed by atoms with Gasteiger partial charge in [0.05, 0.1) is 18.2 Å². The lowest BCUT2D eigenvalue weighted by Crippen LogP contribution is -2.32. The molecule has 0 saturated carbocycles. The van der Waals surface area contributed by atoms with Gasteiger partial charge in [-0.1, -0.05) is 33.8 Å². The lowest BCUT2D eigenvalue weighted by Gasteiger charge is -2.35. The fourth-order valence-electron chi connectivity index (χ4n) is 3.22. The van der Waals surface area contributed by atoms with Crippen LogP contribution in [0.5, 0.6) is 0 Å². The van der Waals surface area contributed by atoms with Crippen LogP contribution in [0.15, 0.2) is 29.6 Å². The molecular formula is C18H27N3O2. The molecule has 0 aliphatic carbocycles. The third kappa shape index (κ3) is 3.49. The molecule has 0 amide bonds. The zero-order valence-electron chi connectivity index (χ0n) is 14.7. The van der Waals surface area contributed by atoms with Gasteiger partial charge < -0.3 is 15.4 Å². The molecule has 1 aromatic rings. The second kappa shape index (κ2) is 7.02. The summed E-state index contributed by atoms with van der Waals surface area (Å²) in [4.78, 5) is 18.8. The van der Waals surface area contributed by atoms with Gasteiger partial charge in [-0.05, 0) is 24.8 Å². The molecule has 2 rings (SSSR count). The molecule has 5 nitrogen and oxygen atoms in total. The van der Waals surface area contributed by atoms with Gasteiger partial charge in [0.15, 0.2) is 0 Å². The third-order valence-corrected chi connectivity index (χ3v) is 4.28. The van der Waals surface area contributed by atoms with Gasteiger partial charge in [-0.3, -0.25) is 0 Å². The Morgan fingerprint density at radius 1 is 1.22 bits per heavy atom. The van der Waals surface area contributed by atoms with Crippen molar-refractivity contribution >= 4 is 11.8 Å². The van der Waals surface area contributed by atoms with Crippen molar-refractivity contribution < 1.29 is 9.53 Å². The van der Waals surface area contributed by atoms with Gasteiger partial charge in [0.25, 0.3) is 0 Å². The maximum absolute atomic E-state index is 12.4. The highest BCUT2D eigenvalue weighted by atomic mass is 16.5. The Hall–Kier alpha value is -2.04. The molecule has 0 spiro atoms. The van der Waals surface area contributed by atoms with Crippen LogP contribution < -0.4 is 5.73 Å². The summed E-state index contributed by atoms with van der Waals surface area (Å²) < 4.78 is 5.42. The van der Waals surface area contributed by atoms with Crippen LogP contribution in [-0.4, -0.2) is 29.0 Å². The smallest absolute Gasteiger partial charge is 0.336 e. The first kappa shape index (κ1) is 17.3. The number of pyridine rings is 1. The molecule has 2 heterocycles. The number of esters is 1. The van der Waals surface area contributed by atoms with Crippen LogP contribution in [-0.2, 0) is 9.53 Å². The first-order valence-electron chi connectivity index (χ1n) is 8.22. The fraction of sp³-hybridized carbons (Fsp3) is 0.556. The molecular weight excluding hydrogens is 290 g/mol. The molecule has 1 atom stereocenters. The van der Waals surface area contributed by atoms with Crippen molar-refractivity contribution in [2.24, 2.45) is 11.8 Å². The normalized spacial score (nSPS) is 17.5. The molecule has 23 heavy (non-hydrogen) atoms. The summed E-state index contributed by atoms with van der Waals surface area (Å²) in [6.45, 7) is 11.4. The number of hydrogen-bond acceptors (Lipinski definition) is 5. The maximum atomic E-state index is 12.4. The number of carbonyl (C=O) groups excluding carboxylic acids is 1. The van der Waals surface area contributed by atoms with E-state index in [0.29, 0.717) is 19.0 Å². The molecule has 5 heteroatoms. The van der Waals surface area contributed by atoms with Crippen molar-refractivity contribution in [3.63, 3.8) is 0 Å². The molecule has 1 aromatic heterocycles. The summed E-state index contributed by atoms with van der Waals surface area (Å²) >= 11 is 0. The highest BCUT2D eigenvalue weighted by Crippen LogP contribution is 2.35. The van der Waals surface area contributed by atoms with Gasteiger partial charge in [0.2, 0.25) is 0 Å². The Bertz CT molecular complexity index is 608. The number of nitrogens with two attached hydrogens (primary N) is 1. The molecule has 0 radical (unpaired) electrons. The molecule has 0 fully saturated rings. The summed E-state index contributed by atoms with van der Waals surface area (Å²) in [5.74, 6) is 0.667. The van der Waals surface area contributed by atoms with Crippen molar-refractivity contribution in [1.29, 1.82) is 0 Å². The Kier molecular flexibility index (Phi) is 5.29. The number of hydrogen-bond donors (Lipinski definition) is 1. The minimum atomic E-state index is -0.197. The first-order valence-corrected chi connectivity index (χ1v) is 8.22. The standard InChI is InChI=1S/C18H27N3O2/c1-11(2)15-16(12(3)4)21(9-10-23-18(15)22)13(5)14-7-6-8-20-17(14)19/h6-8,11-13H,9-10H2,1-5H3,(H2,19,20).